The maximum Gasteiger partial charge on any atom is 0.332 e. The summed E-state index contributed by atoms with van der Waals surface area (Å²) in [4.78, 5) is 53.9. The van der Waals surface area contributed by atoms with Crippen molar-refractivity contribution in [3.8, 4) is 0 Å². The molecule has 180 valence electrons. The van der Waals surface area contributed by atoms with Gasteiger partial charge in [0.1, 0.15) is 0 Å². The third-order valence-electron chi connectivity index (χ3n) is 5.30. The second-order valence-corrected chi connectivity index (χ2v) is 8.89. The summed E-state index contributed by atoms with van der Waals surface area (Å²) in [6.07, 6.45) is 0. The summed E-state index contributed by atoms with van der Waals surface area (Å²) in [5.74, 6) is -0.464. The third-order valence-corrected chi connectivity index (χ3v) is 6.27. The van der Waals surface area contributed by atoms with E-state index in [2.05, 4.69) is 15.6 Å². The van der Waals surface area contributed by atoms with Crippen LogP contribution in [0.1, 0.15) is 12.5 Å². The van der Waals surface area contributed by atoms with Crippen molar-refractivity contribution in [1.82, 2.24) is 18.7 Å². The van der Waals surface area contributed by atoms with Crippen LogP contribution in [0.4, 0.5) is 11.4 Å². The molecule has 4 rings (SSSR count). The predicted octanol–water partition coefficient (Wildman–Crippen LogP) is 2.17. The van der Waals surface area contributed by atoms with Gasteiger partial charge in [-0.3, -0.25) is 23.5 Å². The molecule has 0 unspecified atom stereocenters. The fraction of sp³-hybridized carbons (Fsp3) is 0.208. The number of carbonyl (C=O) groups is 2. The van der Waals surface area contributed by atoms with Crippen molar-refractivity contribution >= 4 is 46.1 Å². The summed E-state index contributed by atoms with van der Waals surface area (Å²) in [5, 5.41) is 5.92. The van der Waals surface area contributed by atoms with Gasteiger partial charge >= 0.3 is 5.69 Å². The maximum absolute atomic E-state index is 13.0. The van der Waals surface area contributed by atoms with Gasteiger partial charge < -0.3 is 15.2 Å². The zero-order chi connectivity index (χ0) is 25.1. The molecule has 2 amide bonds. The Labute approximate surface area is 204 Å². The minimum Gasteiger partial charge on any atom is -0.326 e. The topological polar surface area (TPSA) is 120 Å². The Bertz CT molecular complexity index is 1540. The molecule has 2 heterocycles. The van der Waals surface area contributed by atoms with Gasteiger partial charge in [0.05, 0.1) is 12.3 Å². The molecule has 2 aromatic heterocycles. The second-order valence-electron chi connectivity index (χ2n) is 7.94. The van der Waals surface area contributed by atoms with Crippen LogP contribution in [0.3, 0.4) is 0 Å². The zero-order valence-electron chi connectivity index (χ0n) is 19.4. The molecule has 2 N–H and O–H groups in total. The number of amides is 2. The van der Waals surface area contributed by atoms with Crippen LogP contribution in [-0.2, 0) is 30.2 Å². The van der Waals surface area contributed by atoms with Crippen molar-refractivity contribution in [2.75, 3.05) is 16.4 Å². The Hall–Kier alpha value is -4.12. The standard InChI is InChI=1S/C24H24N6O4S/c1-15(31)25-17-10-7-11-18(12-17)26-19(32)14-35-23-27-21-20(22(33)29(3)24(34)28(21)2)30(23)13-16-8-5-4-6-9-16/h4-12H,13-14H2,1-3H3,(H,25,31)(H,26,32). The summed E-state index contributed by atoms with van der Waals surface area (Å²) >= 11 is 1.17. The number of nitrogens with zero attached hydrogens (tertiary/aromatic N) is 4. The van der Waals surface area contributed by atoms with Crippen molar-refractivity contribution < 1.29 is 9.59 Å². The van der Waals surface area contributed by atoms with E-state index in [4.69, 9.17) is 0 Å². The number of aryl methyl sites for hydroxylation is 1. The molecule has 0 aliphatic carbocycles. The molecule has 10 nitrogen and oxygen atoms in total. The van der Waals surface area contributed by atoms with Gasteiger partial charge in [-0.1, -0.05) is 48.2 Å². The highest BCUT2D eigenvalue weighted by Gasteiger charge is 2.20. The molecule has 0 bridgehead atoms. The van der Waals surface area contributed by atoms with Crippen LogP contribution in [-0.4, -0.2) is 36.3 Å². The quantitative estimate of drug-likeness (QED) is 0.382. The summed E-state index contributed by atoms with van der Waals surface area (Å²) in [6, 6.07) is 16.4. The van der Waals surface area contributed by atoms with Gasteiger partial charge in [-0.15, -0.1) is 0 Å². The molecule has 35 heavy (non-hydrogen) atoms. The molecule has 0 fully saturated rings. The van der Waals surface area contributed by atoms with Crippen LogP contribution in [0.5, 0.6) is 0 Å². The Kier molecular flexibility index (Phi) is 6.87. The largest absolute Gasteiger partial charge is 0.332 e. The summed E-state index contributed by atoms with van der Waals surface area (Å²) in [5.41, 5.74) is 1.70. The Morgan fingerprint density at radius 3 is 2.31 bits per heavy atom. The van der Waals surface area contributed by atoms with Gasteiger partial charge in [0, 0.05) is 32.4 Å². The number of aromatic nitrogens is 4. The van der Waals surface area contributed by atoms with Gasteiger partial charge in [-0.05, 0) is 23.8 Å². The molecular weight excluding hydrogens is 468 g/mol. The van der Waals surface area contributed by atoms with E-state index in [1.807, 2.05) is 30.3 Å². The van der Waals surface area contributed by atoms with E-state index in [9.17, 15) is 19.2 Å². The lowest BCUT2D eigenvalue weighted by molar-refractivity contribution is -0.114. The molecule has 2 aromatic carbocycles. The number of carbonyl (C=O) groups excluding carboxylic acids is 2. The number of hydrogen-bond donors (Lipinski definition) is 2. The van der Waals surface area contributed by atoms with E-state index in [0.29, 0.717) is 28.6 Å². The smallest absolute Gasteiger partial charge is 0.326 e. The number of nitrogens with one attached hydrogen (secondary N) is 2. The van der Waals surface area contributed by atoms with Crippen molar-refractivity contribution in [3.05, 3.63) is 81.0 Å². The Morgan fingerprint density at radius 2 is 1.63 bits per heavy atom. The van der Waals surface area contributed by atoms with Crippen molar-refractivity contribution in [2.45, 2.75) is 18.6 Å². The number of benzene rings is 2. The molecule has 11 heteroatoms. The van der Waals surface area contributed by atoms with Gasteiger partial charge in [0.15, 0.2) is 16.3 Å². The number of fused-ring (bicyclic) bond motifs is 1. The summed E-state index contributed by atoms with van der Waals surface area (Å²) < 4.78 is 4.12. The average Bonchev–Trinajstić information content (AvgIpc) is 3.18. The summed E-state index contributed by atoms with van der Waals surface area (Å²) in [7, 11) is 2.99. The van der Waals surface area contributed by atoms with E-state index in [-0.39, 0.29) is 23.2 Å². The van der Waals surface area contributed by atoms with Gasteiger partial charge in [0.2, 0.25) is 11.8 Å². The highest BCUT2D eigenvalue weighted by molar-refractivity contribution is 7.99. The first kappa shape index (κ1) is 24.0. The van der Waals surface area contributed by atoms with Crippen molar-refractivity contribution in [1.29, 1.82) is 0 Å². The first-order valence-electron chi connectivity index (χ1n) is 10.7. The number of imidazole rings is 1. The monoisotopic (exact) mass is 492 g/mol. The van der Waals surface area contributed by atoms with Crippen molar-refractivity contribution in [3.63, 3.8) is 0 Å². The molecule has 0 radical (unpaired) electrons. The lowest BCUT2D eigenvalue weighted by atomic mass is 10.2. The summed E-state index contributed by atoms with van der Waals surface area (Å²) in [6.45, 7) is 1.76. The fourth-order valence-electron chi connectivity index (χ4n) is 3.65. The molecule has 0 saturated heterocycles. The molecule has 0 aliphatic heterocycles. The van der Waals surface area contributed by atoms with Crippen LogP contribution < -0.4 is 21.9 Å². The Balaban J connectivity index is 1.63. The Morgan fingerprint density at radius 1 is 0.943 bits per heavy atom. The molecule has 0 aliphatic rings. The lowest BCUT2D eigenvalue weighted by Gasteiger charge is -2.10. The second kappa shape index (κ2) is 10.0. The van der Waals surface area contributed by atoms with E-state index in [1.165, 1.54) is 30.3 Å². The van der Waals surface area contributed by atoms with Crippen LogP contribution in [0, 0.1) is 0 Å². The SMILES string of the molecule is CC(=O)Nc1cccc(NC(=O)CSc2nc3c(c(=O)n(C)c(=O)n3C)n2Cc2ccccc2)c1. The van der Waals surface area contributed by atoms with E-state index < -0.39 is 11.2 Å². The predicted molar refractivity (Wildman–Crippen MR) is 136 cm³/mol. The zero-order valence-corrected chi connectivity index (χ0v) is 20.3. The first-order valence-corrected chi connectivity index (χ1v) is 11.7. The molecule has 0 saturated carbocycles. The number of hydrogen-bond acceptors (Lipinski definition) is 6. The van der Waals surface area contributed by atoms with Gasteiger partial charge in [-0.2, -0.15) is 0 Å². The molecular formula is C24H24N6O4S. The minimum atomic E-state index is -0.472. The normalized spacial score (nSPS) is 10.9. The molecule has 0 atom stereocenters. The number of rotatable bonds is 7. The average molecular weight is 493 g/mol. The van der Waals surface area contributed by atoms with Crippen LogP contribution >= 0.6 is 11.8 Å². The highest BCUT2D eigenvalue weighted by atomic mass is 32.2. The van der Waals surface area contributed by atoms with E-state index >= 15 is 0 Å². The van der Waals surface area contributed by atoms with E-state index in [0.717, 1.165) is 10.1 Å². The van der Waals surface area contributed by atoms with Crippen molar-refractivity contribution in [2.24, 2.45) is 14.1 Å². The highest BCUT2D eigenvalue weighted by Crippen LogP contribution is 2.24. The third kappa shape index (κ3) is 5.19. The van der Waals surface area contributed by atoms with Crippen LogP contribution in [0.2, 0.25) is 0 Å². The molecule has 0 spiro atoms. The number of thioether (sulfide) groups is 1. The van der Waals surface area contributed by atoms with Crippen LogP contribution in [0.25, 0.3) is 11.2 Å². The lowest BCUT2D eigenvalue weighted by Crippen LogP contribution is -2.37. The fourth-order valence-corrected chi connectivity index (χ4v) is 4.45. The minimum absolute atomic E-state index is 0.0245. The van der Waals surface area contributed by atoms with Gasteiger partial charge in [0.25, 0.3) is 5.56 Å². The van der Waals surface area contributed by atoms with Crippen LogP contribution in [0.15, 0.2) is 69.3 Å². The molecule has 4 aromatic rings. The number of anilines is 2. The van der Waals surface area contributed by atoms with E-state index in [1.54, 1.807) is 35.9 Å². The van der Waals surface area contributed by atoms with Gasteiger partial charge in [-0.25, -0.2) is 9.78 Å². The first-order chi connectivity index (χ1) is 16.7. The maximum atomic E-state index is 13.0.